The minimum Gasteiger partial charge on any atom is -0.333 e. The number of benzene rings is 1. The molecule has 0 aliphatic carbocycles. The van der Waals surface area contributed by atoms with Gasteiger partial charge >= 0.3 is 0 Å². The normalized spacial score (nSPS) is 19.3. The second-order valence-electron chi connectivity index (χ2n) is 4.93. The molecular formula is C14H21ClN2O. The second kappa shape index (κ2) is 6.21. The van der Waals surface area contributed by atoms with E-state index in [9.17, 15) is 4.79 Å². The summed E-state index contributed by atoms with van der Waals surface area (Å²) in [6.07, 6.45) is 0. The summed E-state index contributed by atoms with van der Waals surface area (Å²) < 4.78 is 0. The van der Waals surface area contributed by atoms with E-state index in [1.54, 1.807) is 0 Å². The molecule has 100 valence electrons. The van der Waals surface area contributed by atoms with Gasteiger partial charge in [0, 0.05) is 31.2 Å². The standard InChI is InChI=1S/C14H20N2O.ClH/c1-10-6-11(2)8-13(7-10)14(17)16-5-4-15-9-12(16)3;/h6-8,12,15H,4-5,9H2,1-3H3;1H/t12-;/m0./s1. The topological polar surface area (TPSA) is 32.3 Å². The van der Waals surface area contributed by atoms with E-state index >= 15 is 0 Å². The molecule has 1 amide bonds. The first-order chi connectivity index (χ1) is 8.08. The fourth-order valence-electron chi connectivity index (χ4n) is 2.41. The molecule has 1 N–H and O–H groups in total. The molecule has 1 atom stereocenters. The summed E-state index contributed by atoms with van der Waals surface area (Å²) in [5, 5.41) is 3.30. The summed E-state index contributed by atoms with van der Waals surface area (Å²) in [7, 11) is 0. The van der Waals surface area contributed by atoms with E-state index in [0.717, 1.165) is 36.3 Å². The zero-order valence-corrected chi connectivity index (χ0v) is 12.0. The molecule has 1 heterocycles. The van der Waals surface area contributed by atoms with E-state index in [-0.39, 0.29) is 24.4 Å². The third-order valence-electron chi connectivity index (χ3n) is 3.23. The number of hydrogen-bond donors (Lipinski definition) is 1. The molecule has 0 radical (unpaired) electrons. The van der Waals surface area contributed by atoms with Crippen molar-refractivity contribution in [3.8, 4) is 0 Å². The minimum absolute atomic E-state index is 0. The molecule has 3 nitrogen and oxygen atoms in total. The predicted molar refractivity (Wildman–Crippen MR) is 76.5 cm³/mol. The van der Waals surface area contributed by atoms with Gasteiger partial charge in [0.2, 0.25) is 0 Å². The van der Waals surface area contributed by atoms with Gasteiger partial charge in [0.15, 0.2) is 0 Å². The molecular weight excluding hydrogens is 248 g/mol. The van der Waals surface area contributed by atoms with E-state index in [0.29, 0.717) is 0 Å². The highest BCUT2D eigenvalue weighted by Crippen LogP contribution is 2.14. The lowest BCUT2D eigenvalue weighted by Gasteiger charge is -2.34. The average Bonchev–Trinajstić information content (AvgIpc) is 2.27. The van der Waals surface area contributed by atoms with Crippen molar-refractivity contribution < 1.29 is 4.79 Å². The molecule has 1 aromatic carbocycles. The van der Waals surface area contributed by atoms with Crippen LogP contribution in [0.2, 0.25) is 0 Å². The van der Waals surface area contributed by atoms with E-state index in [2.05, 4.69) is 18.3 Å². The Morgan fingerprint density at radius 3 is 2.44 bits per heavy atom. The average molecular weight is 269 g/mol. The van der Waals surface area contributed by atoms with Crippen molar-refractivity contribution in [1.29, 1.82) is 0 Å². The van der Waals surface area contributed by atoms with Crippen LogP contribution in [0.4, 0.5) is 0 Å². The lowest BCUT2D eigenvalue weighted by Crippen LogP contribution is -2.52. The van der Waals surface area contributed by atoms with Gasteiger partial charge in [-0.05, 0) is 32.9 Å². The minimum atomic E-state index is 0. The van der Waals surface area contributed by atoms with Gasteiger partial charge in [-0.25, -0.2) is 0 Å². The van der Waals surface area contributed by atoms with Gasteiger partial charge in [0.05, 0.1) is 0 Å². The highest BCUT2D eigenvalue weighted by molar-refractivity contribution is 5.95. The number of piperazine rings is 1. The Kier molecular flexibility index (Phi) is 5.17. The molecule has 18 heavy (non-hydrogen) atoms. The fraction of sp³-hybridized carbons (Fsp3) is 0.500. The lowest BCUT2D eigenvalue weighted by atomic mass is 10.1. The number of carbonyl (C=O) groups is 1. The Labute approximate surface area is 115 Å². The maximum absolute atomic E-state index is 12.4. The summed E-state index contributed by atoms with van der Waals surface area (Å²) >= 11 is 0. The van der Waals surface area contributed by atoms with Crippen molar-refractivity contribution in [3.05, 3.63) is 34.9 Å². The van der Waals surface area contributed by atoms with Gasteiger partial charge in [0.25, 0.3) is 5.91 Å². The van der Waals surface area contributed by atoms with Crippen LogP contribution >= 0.6 is 12.4 Å². The maximum Gasteiger partial charge on any atom is 0.254 e. The lowest BCUT2D eigenvalue weighted by molar-refractivity contribution is 0.0655. The molecule has 0 spiro atoms. The molecule has 4 heteroatoms. The Morgan fingerprint density at radius 1 is 1.28 bits per heavy atom. The number of halogens is 1. The molecule has 1 aliphatic rings. The van der Waals surface area contributed by atoms with Gasteiger partial charge in [-0.15, -0.1) is 12.4 Å². The van der Waals surface area contributed by atoms with Crippen LogP contribution in [-0.2, 0) is 0 Å². The number of carbonyl (C=O) groups excluding carboxylic acids is 1. The number of aryl methyl sites for hydroxylation is 2. The Morgan fingerprint density at radius 2 is 1.89 bits per heavy atom. The van der Waals surface area contributed by atoms with Crippen molar-refractivity contribution in [2.24, 2.45) is 0 Å². The van der Waals surface area contributed by atoms with Crippen LogP contribution in [0.1, 0.15) is 28.4 Å². The van der Waals surface area contributed by atoms with Crippen molar-refractivity contribution in [2.75, 3.05) is 19.6 Å². The van der Waals surface area contributed by atoms with Crippen molar-refractivity contribution in [1.82, 2.24) is 10.2 Å². The van der Waals surface area contributed by atoms with Crippen molar-refractivity contribution in [3.63, 3.8) is 0 Å². The monoisotopic (exact) mass is 268 g/mol. The summed E-state index contributed by atoms with van der Waals surface area (Å²) in [5.74, 6) is 0.158. The second-order valence-corrected chi connectivity index (χ2v) is 4.93. The Bertz CT molecular complexity index is 414. The first kappa shape index (κ1) is 15.0. The number of hydrogen-bond acceptors (Lipinski definition) is 2. The maximum atomic E-state index is 12.4. The van der Waals surface area contributed by atoms with E-state index in [4.69, 9.17) is 0 Å². The Balaban J connectivity index is 0.00000162. The van der Waals surface area contributed by atoms with E-state index in [1.165, 1.54) is 0 Å². The molecule has 2 rings (SSSR count). The molecule has 0 bridgehead atoms. The smallest absolute Gasteiger partial charge is 0.254 e. The van der Waals surface area contributed by atoms with Crippen LogP contribution < -0.4 is 5.32 Å². The van der Waals surface area contributed by atoms with E-state index in [1.807, 2.05) is 30.9 Å². The molecule has 1 fully saturated rings. The highest BCUT2D eigenvalue weighted by atomic mass is 35.5. The predicted octanol–water partition coefficient (Wildman–Crippen LogP) is 2.16. The molecule has 0 aromatic heterocycles. The third kappa shape index (κ3) is 3.24. The SMILES string of the molecule is Cc1cc(C)cc(C(=O)N2CCNC[C@@H]2C)c1.Cl. The van der Waals surface area contributed by atoms with Crippen molar-refractivity contribution in [2.45, 2.75) is 26.8 Å². The van der Waals surface area contributed by atoms with Crippen LogP contribution in [0.25, 0.3) is 0 Å². The van der Waals surface area contributed by atoms with Gasteiger partial charge in [0.1, 0.15) is 0 Å². The summed E-state index contributed by atoms with van der Waals surface area (Å²) in [6, 6.07) is 6.32. The summed E-state index contributed by atoms with van der Waals surface area (Å²) in [4.78, 5) is 14.4. The molecule has 0 saturated carbocycles. The first-order valence-corrected chi connectivity index (χ1v) is 6.18. The number of nitrogens with zero attached hydrogens (tertiary/aromatic N) is 1. The van der Waals surface area contributed by atoms with Crippen molar-refractivity contribution >= 4 is 18.3 Å². The van der Waals surface area contributed by atoms with Gasteiger partial charge in [-0.2, -0.15) is 0 Å². The van der Waals surface area contributed by atoms with Gasteiger partial charge in [-0.3, -0.25) is 4.79 Å². The first-order valence-electron chi connectivity index (χ1n) is 6.18. The zero-order chi connectivity index (χ0) is 12.4. The quantitative estimate of drug-likeness (QED) is 0.847. The highest BCUT2D eigenvalue weighted by Gasteiger charge is 2.23. The number of amides is 1. The molecule has 1 aromatic rings. The summed E-state index contributed by atoms with van der Waals surface area (Å²) in [6.45, 7) is 8.73. The van der Waals surface area contributed by atoms with Crippen LogP contribution in [0.3, 0.4) is 0 Å². The fourth-order valence-corrected chi connectivity index (χ4v) is 2.41. The van der Waals surface area contributed by atoms with Gasteiger partial charge in [-0.1, -0.05) is 17.2 Å². The Hall–Kier alpha value is -1.06. The number of rotatable bonds is 1. The van der Waals surface area contributed by atoms with Crippen LogP contribution in [0.15, 0.2) is 18.2 Å². The van der Waals surface area contributed by atoms with Crippen LogP contribution in [0, 0.1) is 13.8 Å². The van der Waals surface area contributed by atoms with Crippen LogP contribution in [-0.4, -0.2) is 36.5 Å². The molecule has 1 saturated heterocycles. The zero-order valence-electron chi connectivity index (χ0n) is 11.2. The van der Waals surface area contributed by atoms with Crippen LogP contribution in [0.5, 0.6) is 0 Å². The number of nitrogens with one attached hydrogen (secondary N) is 1. The van der Waals surface area contributed by atoms with E-state index < -0.39 is 0 Å². The third-order valence-corrected chi connectivity index (χ3v) is 3.23. The largest absolute Gasteiger partial charge is 0.333 e. The molecule has 0 unspecified atom stereocenters. The van der Waals surface area contributed by atoms with Gasteiger partial charge < -0.3 is 10.2 Å². The molecule has 1 aliphatic heterocycles. The summed E-state index contributed by atoms with van der Waals surface area (Å²) in [5.41, 5.74) is 3.11.